The van der Waals surface area contributed by atoms with E-state index >= 15 is 0 Å². The number of nitrogens with zero attached hydrogens (tertiary/aromatic N) is 4. The quantitative estimate of drug-likeness (QED) is 0.194. The van der Waals surface area contributed by atoms with Crippen molar-refractivity contribution in [2.75, 3.05) is 0 Å². The Morgan fingerprint density at radius 1 is 0.396 bits per heavy atom. The number of rotatable bonds is 4. The van der Waals surface area contributed by atoms with E-state index in [-0.39, 0.29) is 0 Å². The predicted octanol–water partition coefficient (Wildman–Crippen LogP) is 11.2. The fourth-order valence-corrected chi connectivity index (χ4v) is 7.66. The second-order valence-electron chi connectivity index (χ2n) is 12.5. The van der Waals surface area contributed by atoms with Crippen LogP contribution in [0, 0.1) is 6.92 Å². The van der Waals surface area contributed by atoms with Gasteiger partial charge in [0.25, 0.3) is 0 Å². The maximum absolute atomic E-state index is 5.34. The second-order valence-corrected chi connectivity index (χ2v) is 12.5. The normalized spacial score (nSPS) is 11.9. The van der Waals surface area contributed by atoms with Crippen LogP contribution < -0.4 is 0 Å². The van der Waals surface area contributed by atoms with E-state index in [0.29, 0.717) is 0 Å². The van der Waals surface area contributed by atoms with Gasteiger partial charge in [-0.3, -0.25) is 4.57 Å². The van der Waals surface area contributed by atoms with E-state index in [4.69, 9.17) is 4.98 Å². The molecule has 0 atom stereocenters. The van der Waals surface area contributed by atoms with Crippen molar-refractivity contribution in [1.82, 2.24) is 18.7 Å². The minimum atomic E-state index is 0.912. The number of hydrogen-bond donors (Lipinski definition) is 0. The summed E-state index contributed by atoms with van der Waals surface area (Å²) in [7, 11) is 0. The zero-order valence-corrected chi connectivity index (χ0v) is 26.4. The molecule has 0 saturated carbocycles. The highest BCUT2D eigenvalue weighted by atomic mass is 15.1. The zero-order valence-electron chi connectivity index (χ0n) is 26.4. The summed E-state index contributed by atoms with van der Waals surface area (Å²) in [6.45, 7) is 2.17. The van der Waals surface area contributed by atoms with Crippen LogP contribution >= 0.6 is 0 Å². The lowest BCUT2D eigenvalue weighted by Crippen LogP contribution is -2.03. The van der Waals surface area contributed by atoms with Crippen molar-refractivity contribution >= 4 is 54.6 Å². The summed E-state index contributed by atoms with van der Waals surface area (Å²) >= 11 is 0. The summed E-state index contributed by atoms with van der Waals surface area (Å²) in [6.07, 6.45) is 0. The van der Waals surface area contributed by atoms with Gasteiger partial charge in [0, 0.05) is 38.5 Å². The van der Waals surface area contributed by atoms with Gasteiger partial charge in [0.15, 0.2) is 0 Å². The standard InChI is InChI=1S/C44H30N4/c1-29-14-2-8-20-38(29)48-43-25-13-7-19-37(43)45-44(48)30-26-31(46-39-21-9-3-15-33(39)34-16-4-10-22-40(34)46)28-32(27-30)47-41-23-11-5-17-35(41)36-18-6-12-24-42(36)47/h2-28H,1H3. The van der Waals surface area contributed by atoms with Crippen LogP contribution in [0.15, 0.2) is 164 Å². The highest BCUT2D eigenvalue weighted by Gasteiger charge is 2.21. The van der Waals surface area contributed by atoms with Crippen LogP contribution in [0.1, 0.15) is 5.56 Å². The molecule has 0 aliphatic carbocycles. The summed E-state index contributed by atoms with van der Waals surface area (Å²) in [4.78, 5) is 5.34. The maximum atomic E-state index is 5.34. The SMILES string of the molecule is Cc1ccccc1-n1c(-c2cc(-n3c4ccccc4c4ccccc43)cc(-n3c4ccccc4c4ccccc43)c2)nc2ccccc21. The molecule has 0 aliphatic heterocycles. The fraction of sp³-hybridized carbons (Fsp3) is 0.0227. The molecule has 0 radical (unpaired) electrons. The van der Waals surface area contributed by atoms with Crippen LogP contribution in [0.3, 0.4) is 0 Å². The molecule has 7 aromatic carbocycles. The van der Waals surface area contributed by atoms with Gasteiger partial charge in [0.2, 0.25) is 0 Å². The Kier molecular flexibility index (Phi) is 5.75. The van der Waals surface area contributed by atoms with Gasteiger partial charge in [0.1, 0.15) is 5.82 Å². The number of aromatic nitrogens is 4. The Hall–Kier alpha value is -6.39. The smallest absolute Gasteiger partial charge is 0.145 e. The van der Waals surface area contributed by atoms with Crippen molar-refractivity contribution in [3.05, 3.63) is 169 Å². The van der Waals surface area contributed by atoms with Crippen molar-refractivity contribution in [2.24, 2.45) is 0 Å². The van der Waals surface area contributed by atoms with E-state index in [0.717, 1.165) is 39.5 Å². The van der Waals surface area contributed by atoms with Crippen LogP contribution in [-0.4, -0.2) is 18.7 Å². The largest absolute Gasteiger partial charge is 0.309 e. The first-order valence-electron chi connectivity index (χ1n) is 16.4. The van der Waals surface area contributed by atoms with Gasteiger partial charge < -0.3 is 9.13 Å². The lowest BCUT2D eigenvalue weighted by Gasteiger charge is -2.17. The average Bonchev–Trinajstić information content (AvgIpc) is 3.80. The van der Waals surface area contributed by atoms with Crippen LogP contribution in [0.2, 0.25) is 0 Å². The molecule has 226 valence electrons. The van der Waals surface area contributed by atoms with Gasteiger partial charge in [0.05, 0.1) is 38.8 Å². The molecule has 10 rings (SSSR count). The molecule has 0 N–H and O–H groups in total. The first kappa shape index (κ1) is 26.8. The number of para-hydroxylation sites is 7. The Labute approximate surface area is 277 Å². The summed E-state index contributed by atoms with van der Waals surface area (Å²) in [6, 6.07) is 58.8. The molecule has 0 bridgehead atoms. The molecule has 0 spiro atoms. The van der Waals surface area contributed by atoms with Gasteiger partial charge in [-0.2, -0.15) is 0 Å². The Balaban J connectivity index is 1.36. The highest BCUT2D eigenvalue weighted by Crippen LogP contribution is 2.39. The summed E-state index contributed by atoms with van der Waals surface area (Å²) < 4.78 is 7.14. The monoisotopic (exact) mass is 614 g/mol. The van der Waals surface area contributed by atoms with Crippen LogP contribution in [0.5, 0.6) is 0 Å². The number of aryl methyl sites for hydroxylation is 1. The van der Waals surface area contributed by atoms with Crippen molar-refractivity contribution in [2.45, 2.75) is 6.92 Å². The molecular formula is C44H30N4. The van der Waals surface area contributed by atoms with E-state index in [1.165, 1.54) is 49.2 Å². The summed E-state index contributed by atoms with van der Waals surface area (Å²) in [5.41, 5.74) is 12.3. The lowest BCUT2D eigenvalue weighted by atomic mass is 10.1. The topological polar surface area (TPSA) is 27.7 Å². The van der Waals surface area contributed by atoms with E-state index in [2.05, 4.69) is 184 Å². The van der Waals surface area contributed by atoms with E-state index in [9.17, 15) is 0 Å². The van der Waals surface area contributed by atoms with Crippen molar-refractivity contribution < 1.29 is 0 Å². The summed E-state index contributed by atoms with van der Waals surface area (Å²) in [5.74, 6) is 0.912. The first-order chi connectivity index (χ1) is 23.7. The van der Waals surface area contributed by atoms with E-state index in [1.54, 1.807) is 0 Å². The van der Waals surface area contributed by atoms with Gasteiger partial charge >= 0.3 is 0 Å². The number of hydrogen-bond acceptors (Lipinski definition) is 1. The second kappa shape index (κ2) is 10.3. The molecule has 0 saturated heterocycles. The molecular weight excluding hydrogens is 585 g/mol. The highest BCUT2D eigenvalue weighted by molar-refractivity contribution is 6.10. The fourth-order valence-electron chi connectivity index (χ4n) is 7.66. The van der Waals surface area contributed by atoms with Crippen LogP contribution in [-0.2, 0) is 0 Å². The molecule has 3 aromatic heterocycles. The van der Waals surface area contributed by atoms with Gasteiger partial charge in [-0.15, -0.1) is 0 Å². The predicted molar refractivity (Wildman–Crippen MR) is 200 cm³/mol. The Morgan fingerprint density at radius 3 is 1.31 bits per heavy atom. The lowest BCUT2D eigenvalue weighted by molar-refractivity contribution is 1.07. The number of imidazole rings is 1. The average molecular weight is 615 g/mol. The Morgan fingerprint density at radius 2 is 0.812 bits per heavy atom. The van der Waals surface area contributed by atoms with E-state index < -0.39 is 0 Å². The molecule has 3 heterocycles. The van der Waals surface area contributed by atoms with Gasteiger partial charge in [-0.1, -0.05) is 103 Å². The number of benzene rings is 7. The van der Waals surface area contributed by atoms with Crippen molar-refractivity contribution in [1.29, 1.82) is 0 Å². The minimum absolute atomic E-state index is 0.912. The van der Waals surface area contributed by atoms with Gasteiger partial charge in [-0.25, -0.2) is 4.98 Å². The third-order valence-corrected chi connectivity index (χ3v) is 9.75. The molecule has 10 aromatic rings. The number of fused-ring (bicyclic) bond motifs is 7. The van der Waals surface area contributed by atoms with Crippen molar-refractivity contribution in [3.63, 3.8) is 0 Å². The van der Waals surface area contributed by atoms with Gasteiger partial charge in [-0.05, 0) is 73.2 Å². The molecule has 48 heavy (non-hydrogen) atoms. The molecule has 4 heteroatoms. The van der Waals surface area contributed by atoms with Crippen molar-refractivity contribution in [3.8, 4) is 28.5 Å². The molecule has 0 fully saturated rings. The molecule has 0 unspecified atom stereocenters. The summed E-state index contributed by atoms with van der Waals surface area (Å²) in [5, 5.41) is 4.96. The maximum Gasteiger partial charge on any atom is 0.145 e. The van der Waals surface area contributed by atoms with Crippen LogP contribution in [0.25, 0.3) is 83.1 Å². The minimum Gasteiger partial charge on any atom is -0.309 e. The zero-order chi connectivity index (χ0) is 31.8. The molecule has 0 amide bonds. The molecule has 0 aliphatic rings. The third-order valence-electron chi connectivity index (χ3n) is 9.75. The van der Waals surface area contributed by atoms with E-state index in [1.807, 2.05) is 0 Å². The first-order valence-corrected chi connectivity index (χ1v) is 16.4. The molecule has 4 nitrogen and oxygen atoms in total. The Bertz CT molecular complexity index is 2620. The van der Waals surface area contributed by atoms with Crippen LogP contribution in [0.4, 0.5) is 0 Å². The third kappa shape index (κ3) is 3.86.